The summed E-state index contributed by atoms with van der Waals surface area (Å²) in [4.78, 5) is 12.2. The first-order valence-corrected chi connectivity index (χ1v) is 5.73. The Morgan fingerprint density at radius 3 is 2.89 bits per heavy atom. The van der Waals surface area contributed by atoms with E-state index in [0.29, 0.717) is 6.42 Å². The average Bonchev–Trinajstić information content (AvgIpc) is 2.90. The van der Waals surface area contributed by atoms with Crippen LogP contribution in [0.2, 0.25) is 0 Å². The van der Waals surface area contributed by atoms with Crippen molar-refractivity contribution in [3.05, 3.63) is 18.0 Å². The Balaban J connectivity index is 2.81. The zero-order valence-corrected chi connectivity index (χ0v) is 10.8. The molecular weight excluding hydrogens is 234 g/mol. The summed E-state index contributed by atoms with van der Waals surface area (Å²) >= 11 is 0. The van der Waals surface area contributed by atoms with Crippen LogP contribution in [0.25, 0.3) is 0 Å². The first-order valence-electron chi connectivity index (χ1n) is 5.73. The minimum absolute atomic E-state index is 0.0955. The molecule has 1 aromatic heterocycles. The summed E-state index contributed by atoms with van der Waals surface area (Å²) < 4.78 is 0. The van der Waals surface area contributed by atoms with Crippen molar-refractivity contribution in [2.75, 3.05) is 0 Å². The van der Waals surface area contributed by atoms with Crippen LogP contribution in [-0.4, -0.2) is 27.1 Å². The fourth-order valence-electron chi connectivity index (χ4n) is 1.51. The maximum absolute atomic E-state index is 12.2. The van der Waals surface area contributed by atoms with Crippen LogP contribution >= 0.6 is 0 Å². The number of nitrogens with zero attached hydrogens (tertiary/aromatic N) is 2. The minimum Gasteiger partial charge on any atom is -0.409 e. The van der Waals surface area contributed by atoms with Gasteiger partial charge in [-0.25, -0.2) is 0 Å². The molecule has 7 heteroatoms. The molecule has 100 valence electrons. The van der Waals surface area contributed by atoms with E-state index in [4.69, 9.17) is 10.9 Å². The van der Waals surface area contributed by atoms with E-state index in [1.165, 1.54) is 0 Å². The number of rotatable bonds is 5. The second kappa shape index (κ2) is 5.52. The summed E-state index contributed by atoms with van der Waals surface area (Å²) in [7, 11) is 0. The number of oxime groups is 1. The molecule has 0 aromatic carbocycles. The van der Waals surface area contributed by atoms with Gasteiger partial charge in [0.25, 0.3) is 0 Å². The van der Waals surface area contributed by atoms with Gasteiger partial charge in [-0.15, -0.1) is 0 Å². The van der Waals surface area contributed by atoms with E-state index in [0.717, 1.165) is 5.56 Å². The first-order chi connectivity index (χ1) is 8.45. The highest BCUT2D eigenvalue weighted by Gasteiger charge is 2.37. The second-order valence-electron chi connectivity index (χ2n) is 4.40. The van der Waals surface area contributed by atoms with Crippen LogP contribution in [0.4, 0.5) is 0 Å². The number of nitrogens with one attached hydrogen (secondary N) is 2. The predicted molar refractivity (Wildman–Crippen MR) is 67.0 cm³/mol. The SMILES string of the molecule is CCC(C)(C(=O)NC(C)c1cn[nH]c1)C(N)=NO. The van der Waals surface area contributed by atoms with Gasteiger partial charge >= 0.3 is 0 Å². The number of carbonyl (C=O) groups excluding carboxylic acids is 1. The lowest BCUT2D eigenvalue weighted by Gasteiger charge is -2.27. The van der Waals surface area contributed by atoms with Crippen molar-refractivity contribution in [1.29, 1.82) is 0 Å². The van der Waals surface area contributed by atoms with Crippen molar-refractivity contribution in [1.82, 2.24) is 15.5 Å². The van der Waals surface area contributed by atoms with Gasteiger partial charge in [-0.1, -0.05) is 12.1 Å². The number of hydrogen-bond acceptors (Lipinski definition) is 4. The van der Waals surface area contributed by atoms with Gasteiger partial charge in [0.15, 0.2) is 5.84 Å². The standard InChI is InChI=1S/C11H19N5O2/c1-4-11(3,9(12)16-18)10(17)15-7(2)8-5-13-14-6-8/h5-7,18H,4H2,1-3H3,(H2,12,16)(H,13,14)(H,15,17). The number of amides is 1. The number of amidine groups is 1. The lowest BCUT2D eigenvalue weighted by Crippen LogP contribution is -2.48. The van der Waals surface area contributed by atoms with E-state index >= 15 is 0 Å². The minimum atomic E-state index is -1.02. The van der Waals surface area contributed by atoms with Gasteiger partial charge in [-0.05, 0) is 20.3 Å². The molecule has 0 bridgehead atoms. The summed E-state index contributed by atoms with van der Waals surface area (Å²) in [6.45, 7) is 5.28. The van der Waals surface area contributed by atoms with Gasteiger partial charge in [-0.3, -0.25) is 9.89 Å². The first kappa shape index (κ1) is 14.0. The molecule has 0 aliphatic rings. The van der Waals surface area contributed by atoms with Gasteiger partial charge in [0.2, 0.25) is 5.91 Å². The van der Waals surface area contributed by atoms with Crippen LogP contribution in [-0.2, 0) is 4.79 Å². The van der Waals surface area contributed by atoms with Crippen molar-refractivity contribution in [2.45, 2.75) is 33.2 Å². The number of aromatic amines is 1. The highest BCUT2D eigenvalue weighted by Crippen LogP contribution is 2.23. The molecular formula is C11H19N5O2. The zero-order chi connectivity index (χ0) is 13.8. The van der Waals surface area contributed by atoms with Crippen LogP contribution in [0, 0.1) is 5.41 Å². The van der Waals surface area contributed by atoms with Gasteiger partial charge in [0.1, 0.15) is 5.41 Å². The van der Waals surface area contributed by atoms with Crippen molar-refractivity contribution < 1.29 is 10.0 Å². The number of H-pyrrole nitrogens is 1. The van der Waals surface area contributed by atoms with Crippen LogP contribution in [0.5, 0.6) is 0 Å². The van der Waals surface area contributed by atoms with E-state index < -0.39 is 5.41 Å². The van der Waals surface area contributed by atoms with Crippen molar-refractivity contribution in [3.63, 3.8) is 0 Å². The molecule has 0 aliphatic carbocycles. The molecule has 0 radical (unpaired) electrons. The Kier molecular flexibility index (Phi) is 4.30. The Hall–Kier alpha value is -2.05. The third-order valence-electron chi connectivity index (χ3n) is 3.25. The molecule has 0 saturated heterocycles. The summed E-state index contributed by atoms with van der Waals surface area (Å²) in [5.41, 5.74) is 5.42. The highest BCUT2D eigenvalue weighted by molar-refractivity contribution is 6.06. The predicted octanol–water partition coefficient (Wildman–Crippen LogP) is 0.750. The third-order valence-corrected chi connectivity index (χ3v) is 3.25. The maximum atomic E-state index is 12.2. The molecule has 1 aromatic rings. The summed E-state index contributed by atoms with van der Waals surface area (Å²) in [6, 6.07) is -0.200. The van der Waals surface area contributed by atoms with Gasteiger partial charge in [0.05, 0.1) is 12.2 Å². The quantitative estimate of drug-likeness (QED) is 0.268. The van der Waals surface area contributed by atoms with Crippen LogP contribution in [0.1, 0.15) is 38.8 Å². The number of nitrogens with two attached hydrogens (primary N) is 1. The molecule has 1 amide bonds. The normalized spacial score (nSPS) is 16.9. The molecule has 0 fully saturated rings. The Labute approximate surface area is 105 Å². The fraction of sp³-hybridized carbons (Fsp3) is 0.545. The van der Waals surface area contributed by atoms with E-state index in [-0.39, 0.29) is 17.8 Å². The van der Waals surface area contributed by atoms with Crippen molar-refractivity contribution >= 4 is 11.7 Å². The average molecular weight is 253 g/mol. The smallest absolute Gasteiger partial charge is 0.234 e. The lowest BCUT2D eigenvalue weighted by atomic mass is 9.85. The number of hydrogen-bond donors (Lipinski definition) is 4. The largest absolute Gasteiger partial charge is 0.409 e. The maximum Gasteiger partial charge on any atom is 0.234 e. The van der Waals surface area contributed by atoms with Crippen molar-refractivity contribution in [2.24, 2.45) is 16.3 Å². The van der Waals surface area contributed by atoms with E-state index in [2.05, 4.69) is 20.7 Å². The summed E-state index contributed by atoms with van der Waals surface area (Å²) in [6.07, 6.45) is 3.78. The summed E-state index contributed by atoms with van der Waals surface area (Å²) in [5, 5.41) is 21.0. The molecule has 0 spiro atoms. The van der Waals surface area contributed by atoms with Crippen LogP contribution in [0.3, 0.4) is 0 Å². The highest BCUT2D eigenvalue weighted by atomic mass is 16.4. The van der Waals surface area contributed by atoms with E-state index in [9.17, 15) is 4.79 Å². The van der Waals surface area contributed by atoms with E-state index in [1.807, 2.05) is 6.92 Å². The Morgan fingerprint density at radius 2 is 2.44 bits per heavy atom. The van der Waals surface area contributed by atoms with Crippen LogP contribution in [0.15, 0.2) is 17.5 Å². The summed E-state index contributed by atoms with van der Waals surface area (Å²) in [5.74, 6) is -0.379. The zero-order valence-electron chi connectivity index (χ0n) is 10.8. The fourth-order valence-corrected chi connectivity index (χ4v) is 1.51. The molecule has 1 rings (SSSR count). The van der Waals surface area contributed by atoms with Gasteiger partial charge in [-0.2, -0.15) is 5.10 Å². The number of carbonyl (C=O) groups is 1. The molecule has 18 heavy (non-hydrogen) atoms. The van der Waals surface area contributed by atoms with E-state index in [1.54, 1.807) is 26.2 Å². The Morgan fingerprint density at radius 1 is 1.78 bits per heavy atom. The Bertz CT molecular complexity index is 429. The third kappa shape index (κ3) is 2.61. The lowest BCUT2D eigenvalue weighted by molar-refractivity contribution is -0.127. The molecule has 0 saturated carbocycles. The van der Waals surface area contributed by atoms with Gasteiger partial charge in [0, 0.05) is 11.8 Å². The molecule has 2 atom stereocenters. The molecule has 1 heterocycles. The number of aromatic nitrogens is 2. The molecule has 7 nitrogen and oxygen atoms in total. The monoisotopic (exact) mass is 253 g/mol. The molecule has 2 unspecified atom stereocenters. The van der Waals surface area contributed by atoms with Crippen molar-refractivity contribution in [3.8, 4) is 0 Å². The molecule has 0 aliphatic heterocycles. The second-order valence-corrected chi connectivity index (χ2v) is 4.40. The topological polar surface area (TPSA) is 116 Å². The van der Waals surface area contributed by atoms with Gasteiger partial charge < -0.3 is 16.3 Å². The van der Waals surface area contributed by atoms with Crippen LogP contribution < -0.4 is 11.1 Å². The molecule has 5 N–H and O–H groups in total.